The maximum absolute atomic E-state index is 11.7. The fraction of sp³-hybridized carbons (Fsp3) is 0.600. The lowest BCUT2D eigenvalue weighted by Gasteiger charge is -2.04. The first-order valence-electron chi connectivity index (χ1n) is 2.48. The Morgan fingerprint density at radius 2 is 2.33 bits per heavy atom. The summed E-state index contributed by atoms with van der Waals surface area (Å²) in [6, 6.07) is -0.638. The molecule has 1 aliphatic rings. The van der Waals surface area contributed by atoms with E-state index in [0.717, 1.165) is 4.90 Å². The molecule has 3 radical (unpaired) electrons. The summed E-state index contributed by atoms with van der Waals surface area (Å²) in [7, 11) is 0. The van der Waals surface area contributed by atoms with Gasteiger partial charge in [-0.2, -0.15) is 0 Å². The Bertz CT molecular complexity index is 104. The Balaban J connectivity index is 2.31. The maximum Gasteiger partial charge on any atom is 0.170 e. The summed E-state index contributed by atoms with van der Waals surface area (Å²) < 4.78 is 23.3. The van der Waals surface area contributed by atoms with E-state index in [1.165, 1.54) is 0 Å². The Morgan fingerprint density at radius 1 is 1.56 bits per heavy atom. The van der Waals surface area contributed by atoms with Gasteiger partial charge in [-0.1, -0.05) is 0 Å². The molecule has 0 aromatic carbocycles. The molecule has 49 valence electrons. The topological polar surface area (TPSA) is 15.6 Å². The molecule has 1 atom stereocenters. The lowest BCUT2D eigenvalue weighted by Crippen LogP contribution is -2.17. The van der Waals surface area contributed by atoms with Gasteiger partial charge in [-0.25, -0.2) is 8.78 Å². The van der Waals surface area contributed by atoms with Crippen LogP contribution >= 0.6 is 0 Å². The molecule has 0 aliphatic carbocycles. The quantitative estimate of drug-likeness (QED) is 0.498. The van der Waals surface area contributed by atoms with Crippen molar-refractivity contribution in [1.82, 2.24) is 4.90 Å². The van der Waals surface area contributed by atoms with Crippen LogP contribution in [0.5, 0.6) is 0 Å². The average molecular weight is 131 g/mol. The highest BCUT2D eigenvalue weighted by molar-refractivity contribution is 5.59. The molecule has 9 heavy (non-hydrogen) atoms. The van der Waals surface area contributed by atoms with Crippen molar-refractivity contribution in [3.05, 3.63) is 6.54 Å². The summed E-state index contributed by atoms with van der Waals surface area (Å²) in [6.45, 7) is 1.02. The largest absolute Gasteiger partial charge is 0.313 e. The first-order valence-corrected chi connectivity index (χ1v) is 2.48. The van der Waals surface area contributed by atoms with Crippen LogP contribution in [-0.2, 0) is 0 Å². The van der Waals surface area contributed by atoms with Gasteiger partial charge >= 0.3 is 0 Å². The van der Waals surface area contributed by atoms with Gasteiger partial charge in [0.05, 0.1) is 0 Å². The molecule has 0 aromatic heterocycles. The standard InChI is InChI=1S/C5H5F2N2/c6-1-5-2-9(3-7)4-8-5/h5H,1,3H2. The van der Waals surface area contributed by atoms with Crippen molar-refractivity contribution in [2.45, 2.75) is 6.04 Å². The number of alkyl halides is 2. The first kappa shape index (κ1) is 6.45. The van der Waals surface area contributed by atoms with Crippen molar-refractivity contribution in [2.24, 2.45) is 4.99 Å². The second kappa shape index (κ2) is 2.75. The fourth-order valence-corrected chi connectivity index (χ4v) is 0.507. The average Bonchev–Trinajstić information content (AvgIpc) is 2.34. The third-order valence-electron chi connectivity index (χ3n) is 0.905. The summed E-state index contributed by atoms with van der Waals surface area (Å²) in [6.07, 6.45) is 2.24. The smallest absolute Gasteiger partial charge is 0.170 e. The van der Waals surface area contributed by atoms with Gasteiger partial charge in [0.15, 0.2) is 13.1 Å². The van der Waals surface area contributed by atoms with E-state index >= 15 is 0 Å². The number of halogens is 2. The molecule has 0 bridgehead atoms. The maximum atomic E-state index is 11.7. The van der Waals surface area contributed by atoms with E-state index in [1.54, 1.807) is 0 Å². The minimum absolute atomic E-state index is 0.635. The molecule has 1 aliphatic heterocycles. The van der Waals surface area contributed by atoms with E-state index in [9.17, 15) is 8.78 Å². The van der Waals surface area contributed by atoms with Gasteiger partial charge in [-0.15, -0.1) is 0 Å². The van der Waals surface area contributed by atoms with Crippen LogP contribution in [0.4, 0.5) is 8.78 Å². The summed E-state index contributed by atoms with van der Waals surface area (Å²) in [5.74, 6) is 0. The molecule has 0 spiro atoms. The second-order valence-electron chi connectivity index (χ2n) is 1.58. The predicted molar refractivity (Wildman–Crippen MR) is 28.3 cm³/mol. The molecular weight excluding hydrogens is 126 g/mol. The van der Waals surface area contributed by atoms with Crippen molar-refractivity contribution in [2.75, 3.05) is 13.5 Å². The SMILES string of the molecule is FCC1[C]N(CF)[C]=N1. The van der Waals surface area contributed by atoms with Gasteiger partial charge in [-0.05, 0) is 0 Å². The number of nitrogens with zero attached hydrogens (tertiary/aromatic N) is 2. The Labute approximate surface area is 52.2 Å². The molecule has 0 saturated heterocycles. The molecule has 2 nitrogen and oxygen atoms in total. The van der Waals surface area contributed by atoms with Crippen molar-refractivity contribution in [3.63, 3.8) is 0 Å². The van der Waals surface area contributed by atoms with Gasteiger partial charge in [0.25, 0.3) is 0 Å². The van der Waals surface area contributed by atoms with Crippen molar-refractivity contribution in [1.29, 1.82) is 0 Å². The van der Waals surface area contributed by atoms with Crippen LogP contribution in [-0.4, -0.2) is 30.8 Å². The van der Waals surface area contributed by atoms with Crippen LogP contribution in [0.25, 0.3) is 0 Å². The molecular formula is C5H5F2N2. The summed E-state index contributed by atoms with van der Waals surface area (Å²) in [4.78, 5) is 4.42. The molecule has 1 heterocycles. The van der Waals surface area contributed by atoms with E-state index < -0.39 is 19.5 Å². The van der Waals surface area contributed by atoms with Crippen LogP contribution < -0.4 is 0 Å². The van der Waals surface area contributed by atoms with Crippen LogP contribution in [0.3, 0.4) is 0 Å². The van der Waals surface area contributed by atoms with Crippen LogP contribution in [0, 0.1) is 6.54 Å². The third kappa shape index (κ3) is 1.37. The predicted octanol–water partition coefficient (Wildman–Crippen LogP) is 0.511. The highest BCUT2D eigenvalue weighted by Crippen LogP contribution is 2.08. The van der Waals surface area contributed by atoms with Crippen LogP contribution in [0.1, 0.15) is 0 Å². The van der Waals surface area contributed by atoms with Gasteiger partial charge in [-0.3, -0.25) is 4.99 Å². The van der Waals surface area contributed by atoms with Crippen molar-refractivity contribution < 1.29 is 8.78 Å². The fourth-order valence-electron chi connectivity index (χ4n) is 0.507. The summed E-state index contributed by atoms with van der Waals surface area (Å²) in [5.41, 5.74) is 0. The Kier molecular flexibility index (Phi) is 1.97. The minimum Gasteiger partial charge on any atom is -0.313 e. The Morgan fingerprint density at radius 3 is 2.67 bits per heavy atom. The zero-order valence-electron chi connectivity index (χ0n) is 4.64. The number of hydrogen-bond acceptors (Lipinski definition) is 2. The van der Waals surface area contributed by atoms with Gasteiger partial charge in [0.1, 0.15) is 19.3 Å². The molecule has 0 N–H and O–H groups in total. The minimum atomic E-state index is -0.736. The van der Waals surface area contributed by atoms with Gasteiger partial charge in [0.2, 0.25) is 0 Å². The Hall–Kier alpha value is -0.670. The molecule has 4 heteroatoms. The van der Waals surface area contributed by atoms with Crippen molar-refractivity contribution >= 4 is 6.34 Å². The lowest BCUT2D eigenvalue weighted by atomic mass is 10.3. The number of aliphatic imine (C=N–C) groups is 1. The van der Waals surface area contributed by atoms with E-state index in [4.69, 9.17) is 0 Å². The molecule has 0 aromatic rings. The van der Waals surface area contributed by atoms with E-state index in [1.807, 2.05) is 0 Å². The third-order valence-corrected chi connectivity index (χ3v) is 0.905. The highest BCUT2D eigenvalue weighted by Gasteiger charge is 2.18. The molecule has 0 fully saturated rings. The zero-order chi connectivity index (χ0) is 6.69. The van der Waals surface area contributed by atoms with E-state index in [0.29, 0.717) is 0 Å². The first-order chi connectivity index (χ1) is 4.36. The molecule has 0 amide bonds. The van der Waals surface area contributed by atoms with Crippen LogP contribution in [0.15, 0.2) is 4.99 Å². The number of hydrogen-bond donors (Lipinski definition) is 0. The molecule has 1 unspecified atom stereocenters. The monoisotopic (exact) mass is 131 g/mol. The van der Waals surface area contributed by atoms with E-state index in [-0.39, 0.29) is 0 Å². The number of rotatable bonds is 2. The normalized spacial score (nSPS) is 25.6. The molecule has 1 rings (SSSR count). The van der Waals surface area contributed by atoms with Gasteiger partial charge in [0, 0.05) is 0 Å². The van der Waals surface area contributed by atoms with E-state index in [2.05, 4.69) is 17.9 Å². The zero-order valence-corrected chi connectivity index (χ0v) is 4.64. The molecule has 0 saturated carbocycles. The second-order valence-corrected chi connectivity index (χ2v) is 1.58. The van der Waals surface area contributed by atoms with Crippen LogP contribution in [0.2, 0.25) is 0 Å². The lowest BCUT2D eigenvalue weighted by molar-refractivity contribution is 0.319. The van der Waals surface area contributed by atoms with Gasteiger partial charge < -0.3 is 4.90 Å². The summed E-state index contributed by atoms with van der Waals surface area (Å²) >= 11 is 0. The van der Waals surface area contributed by atoms with Crippen molar-refractivity contribution in [3.8, 4) is 0 Å². The summed E-state index contributed by atoms with van der Waals surface area (Å²) in [5, 5.41) is 0. The highest BCUT2D eigenvalue weighted by atomic mass is 19.1.